The summed E-state index contributed by atoms with van der Waals surface area (Å²) in [5.41, 5.74) is 2.68. The quantitative estimate of drug-likeness (QED) is 0.751. The van der Waals surface area contributed by atoms with Gasteiger partial charge in [0.25, 0.3) is 0 Å². The van der Waals surface area contributed by atoms with Crippen LogP contribution < -0.4 is 5.32 Å². The molecule has 2 aromatic rings. The first kappa shape index (κ1) is 13.3. The molecule has 1 aromatic heterocycles. The molecule has 1 aliphatic heterocycles. The smallest absolute Gasteiger partial charge is 0.359 e. The molecule has 0 amide bonds. The van der Waals surface area contributed by atoms with Crippen molar-refractivity contribution in [1.29, 1.82) is 0 Å². The van der Waals surface area contributed by atoms with Gasteiger partial charge in [0.15, 0.2) is 0 Å². The van der Waals surface area contributed by atoms with Crippen LogP contribution in [0.2, 0.25) is 0 Å². The number of allylic oxidation sites excluding steroid dienone is 1. The summed E-state index contributed by atoms with van der Waals surface area (Å²) in [6.07, 6.45) is -4.34. The normalized spacial score (nSPS) is 18.4. The number of aromatic nitrogens is 1. The molecular weight excluding hydrogens is 305 g/mol. The van der Waals surface area contributed by atoms with Crippen molar-refractivity contribution in [3.05, 3.63) is 40.4 Å². The summed E-state index contributed by atoms with van der Waals surface area (Å²) in [4.78, 5) is 4.15. The highest BCUT2D eigenvalue weighted by molar-refractivity contribution is 8.03. The summed E-state index contributed by atoms with van der Waals surface area (Å²) in [6.45, 7) is 0. The highest BCUT2D eigenvalue weighted by Crippen LogP contribution is 2.32. The van der Waals surface area contributed by atoms with E-state index in [-0.39, 0.29) is 0 Å². The fourth-order valence-corrected chi connectivity index (χ4v) is 3.16. The number of rotatable bonds is 0. The van der Waals surface area contributed by atoms with Crippen molar-refractivity contribution >= 4 is 33.3 Å². The topological polar surface area (TPSA) is 24.9 Å². The Balaban J connectivity index is 1.73. The largest absolute Gasteiger partial charge is 0.431 e. The average Bonchev–Trinajstić information content (AvgIpc) is 3.04. The molecule has 3 rings (SSSR count). The van der Waals surface area contributed by atoms with Crippen LogP contribution in [0.3, 0.4) is 0 Å². The molecule has 0 fully saturated rings. The maximum atomic E-state index is 12.4. The van der Waals surface area contributed by atoms with E-state index in [1.807, 2.05) is 18.2 Å². The van der Waals surface area contributed by atoms with Crippen LogP contribution >= 0.6 is 23.1 Å². The van der Waals surface area contributed by atoms with Crippen molar-refractivity contribution in [2.45, 2.75) is 11.6 Å². The van der Waals surface area contributed by atoms with Crippen LogP contribution in [0.25, 0.3) is 10.2 Å². The lowest BCUT2D eigenvalue weighted by Crippen LogP contribution is -2.27. The summed E-state index contributed by atoms with van der Waals surface area (Å²) >= 11 is 2.53. The van der Waals surface area contributed by atoms with E-state index in [1.54, 1.807) is 5.51 Å². The number of hydrogen-bond donors (Lipinski definition) is 1. The van der Waals surface area contributed by atoms with Crippen LogP contribution in [0, 0.1) is 11.8 Å². The lowest BCUT2D eigenvalue weighted by atomic mass is 10.2. The molecule has 7 heteroatoms. The zero-order chi connectivity index (χ0) is 14.2. The molecule has 20 heavy (non-hydrogen) atoms. The zero-order valence-electron chi connectivity index (χ0n) is 9.86. The molecule has 1 aliphatic rings. The fourth-order valence-electron chi connectivity index (χ4n) is 1.65. The van der Waals surface area contributed by atoms with Gasteiger partial charge in [0.1, 0.15) is 11.1 Å². The van der Waals surface area contributed by atoms with E-state index >= 15 is 0 Å². The van der Waals surface area contributed by atoms with E-state index in [0.29, 0.717) is 0 Å². The minimum Gasteiger partial charge on any atom is -0.359 e. The third kappa shape index (κ3) is 2.76. The van der Waals surface area contributed by atoms with E-state index in [1.165, 1.54) is 11.3 Å². The molecule has 0 bridgehead atoms. The molecule has 1 atom stereocenters. The predicted molar refractivity (Wildman–Crippen MR) is 75.2 cm³/mol. The Morgan fingerprint density at radius 3 is 2.90 bits per heavy atom. The number of thiazole rings is 1. The number of thioether (sulfide) groups is 1. The first-order valence-electron chi connectivity index (χ1n) is 5.56. The minimum atomic E-state index is -4.34. The maximum absolute atomic E-state index is 12.4. The van der Waals surface area contributed by atoms with E-state index in [2.05, 4.69) is 22.1 Å². The number of fused-ring (bicyclic) bond motifs is 1. The van der Waals surface area contributed by atoms with Gasteiger partial charge in [-0.1, -0.05) is 23.6 Å². The van der Waals surface area contributed by atoms with Crippen molar-refractivity contribution in [3.63, 3.8) is 0 Å². The summed E-state index contributed by atoms with van der Waals surface area (Å²) in [6, 6.07) is 5.55. The van der Waals surface area contributed by atoms with Crippen LogP contribution in [-0.4, -0.2) is 16.5 Å². The van der Waals surface area contributed by atoms with Crippen LogP contribution in [-0.2, 0) is 0 Å². The molecule has 0 saturated heterocycles. The maximum Gasteiger partial charge on any atom is 0.431 e. The lowest BCUT2D eigenvalue weighted by molar-refractivity contribution is -0.0959. The molecule has 0 aliphatic carbocycles. The van der Waals surface area contributed by atoms with Crippen molar-refractivity contribution in [3.8, 4) is 11.8 Å². The molecule has 0 spiro atoms. The molecule has 0 saturated carbocycles. The SMILES string of the molecule is FC(F)(F)C1=CSC(C#Cc2ccc3ncsc3c2)N1. The van der Waals surface area contributed by atoms with Gasteiger partial charge in [0.05, 0.1) is 15.7 Å². The monoisotopic (exact) mass is 312 g/mol. The number of hydrogen-bond acceptors (Lipinski definition) is 4. The standard InChI is InChI=1S/C13H7F3N2S2/c14-13(15,16)11-6-19-12(18-11)4-2-8-1-3-9-10(5-8)20-7-17-9/h1,3,5-7,12,18H. The number of nitrogens with one attached hydrogen (secondary N) is 1. The Morgan fingerprint density at radius 2 is 2.15 bits per heavy atom. The number of halogens is 3. The highest BCUT2D eigenvalue weighted by atomic mass is 32.2. The average molecular weight is 312 g/mol. The van der Waals surface area contributed by atoms with Gasteiger partial charge in [-0.2, -0.15) is 13.2 Å². The zero-order valence-corrected chi connectivity index (χ0v) is 11.5. The first-order chi connectivity index (χ1) is 9.52. The second kappa shape index (κ2) is 5.04. The lowest BCUT2D eigenvalue weighted by Gasteiger charge is -2.09. The molecule has 1 unspecified atom stereocenters. The van der Waals surface area contributed by atoms with Crippen molar-refractivity contribution in [1.82, 2.24) is 10.3 Å². The molecule has 1 N–H and O–H groups in total. The summed E-state index contributed by atoms with van der Waals surface area (Å²) < 4.78 is 38.3. The predicted octanol–water partition coefficient (Wildman–Crippen LogP) is 3.71. The van der Waals surface area contributed by atoms with Crippen molar-refractivity contribution < 1.29 is 13.2 Å². The summed E-state index contributed by atoms with van der Waals surface area (Å²) in [7, 11) is 0. The van der Waals surface area contributed by atoms with Crippen LogP contribution in [0.4, 0.5) is 13.2 Å². The van der Waals surface area contributed by atoms with Crippen molar-refractivity contribution in [2.75, 3.05) is 0 Å². The van der Waals surface area contributed by atoms with Gasteiger partial charge in [-0.05, 0) is 18.2 Å². The van der Waals surface area contributed by atoms with Gasteiger partial charge >= 0.3 is 6.18 Å². The minimum absolute atomic E-state index is 0.566. The summed E-state index contributed by atoms with van der Waals surface area (Å²) in [5.74, 6) is 5.68. The second-order valence-electron chi connectivity index (χ2n) is 3.99. The van der Waals surface area contributed by atoms with Gasteiger partial charge in [0.2, 0.25) is 0 Å². The number of alkyl halides is 3. The van der Waals surface area contributed by atoms with Gasteiger partial charge in [0, 0.05) is 11.0 Å². The van der Waals surface area contributed by atoms with Gasteiger partial charge in [-0.3, -0.25) is 0 Å². The highest BCUT2D eigenvalue weighted by Gasteiger charge is 2.37. The molecule has 0 radical (unpaired) electrons. The fraction of sp³-hybridized carbons (Fsp3) is 0.154. The Bertz CT molecular complexity index is 737. The summed E-state index contributed by atoms with van der Waals surface area (Å²) in [5, 5.41) is 2.84. The van der Waals surface area contributed by atoms with E-state index in [0.717, 1.165) is 33.0 Å². The van der Waals surface area contributed by atoms with Gasteiger partial charge in [-0.15, -0.1) is 11.3 Å². The van der Waals surface area contributed by atoms with Gasteiger partial charge in [-0.25, -0.2) is 4.98 Å². The Hall–Kier alpha value is -1.65. The number of nitrogens with zero attached hydrogens (tertiary/aromatic N) is 1. The molecular formula is C13H7F3N2S2. The second-order valence-corrected chi connectivity index (χ2v) is 5.86. The van der Waals surface area contributed by atoms with Gasteiger partial charge < -0.3 is 5.32 Å². The molecule has 1 aromatic carbocycles. The van der Waals surface area contributed by atoms with Crippen LogP contribution in [0.5, 0.6) is 0 Å². The first-order valence-corrected chi connectivity index (χ1v) is 7.39. The Morgan fingerprint density at radius 1 is 1.30 bits per heavy atom. The van der Waals surface area contributed by atoms with Crippen molar-refractivity contribution in [2.24, 2.45) is 0 Å². The number of benzene rings is 1. The van der Waals surface area contributed by atoms with E-state index in [4.69, 9.17) is 0 Å². The van der Waals surface area contributed by atoms with Crippen LogP contribution in [0.1, 0.15) is 5.56 Å². The molecule has 102 valence electrons. The molecule has 2 nitrogen and oxygen atoms in total. The Labute approximate surface area is 121 Å². The van der Waals surface area contributed by atoms with Crippen LogP contribution in [0.15, 0.2) is 34.8 Å². The third-order valence-electron chi connectivity index (χ3n) is 2.59. The van der Waals surface area contributed by atoms with E-state index < -0.39 is 17.2 Å². The third-order valence-corrected chi connectivity index (χ3v) is 4.26. The van der Waals surface area contributed by atoms with E-state index in [9.17, 15) is 13.2 Å². The Kier molecular flexibility index (Phi) is 3.36. The molecule has 2 heterocycles.